The van der Waals surface area contributed by atoms with Crippen LogP contribution in [0.2, 0.25) is 0 Å². The average molecular weight is 221 g/mol. The number of nitrogens with zero attached hydrogens (tertiary/aromatic N) is 1. The van der Waals surface area contributed by atoms with E-state index in [1.807, 2.05) is 12.1 Å². The number of hydrogen-bond donors (Lipinski definition) is 1. The number of rotatable bonds is 4. The number of likely N-dealkylation sites (N-methyl/N-ethyl adjacent to an activating group) is 1. The lowest BCUT2D eigenvalue weighted by Crippen LogP contribution is -2.28. The first kappa shape index (κ1) is 11.3. The lowest BCUT2D eigenvalue weighted by Gasteiger charge is -2.21. The van der Waals surface area contributed by atoms with Crippen LogP contribution in [0.15, 0.2) is 18.2 Å². The molecule has 1 aromatic carbocycles. The topological polar surface area (TPSA) is 32.7 Å². The lowest BCUT2D eigenvalue weighted by atomic mass is 10.0. The fraction of sp³-hybridized carbons (Fsp3) is 0.538. The second-order valence-electron chi connectivity index (χ2n) is 4.22. The molecular weight excluding hydrogens is 202 g/mol. The van der Waals surface area contributed by atoms with Gasteiger partial charge in [-0.3, -0.25) is 0 Å². The van der Waals surface area contributed by atoms with E-state index in [-0.39, 0.29) is 0 Å². The monoisotopic (exact) mass is 221 g/mol. The Hall–Kier alpha value is -1.22. The van der Waals surface area contributed by atoms with Crippen molar-refractivity contribution in [2.75, 3.05) is 26.2 Å². The molecule has 88 valence electrons. The minimum absolute atomic E-state index is 0.328. The van der Waals surface area contributed by atoms with Gasteiger partial charge in [-0.25, -0.2) is 0 Å². The Morgan fingerprint density at radius 2 is 2.12 bits per heavy atom. The molecule has 0 spiro atoms. The molecule has 1 heterocycles. The number of benzene rings is 1. The number of ether oxygens (including phenoxy) is 1. The van der Waals surface area contributed by atoms with Crippen LogP contribution in [0.5, 0.6) is 11.5 Å². The summed E-state index contributed by atoms with van der Waals surface area (Å²) in [5.41, 5.74) is 1.15. The Balaban J connectivity index is 2.13. The summed E-state index contributed by atoms with van der Waals surface area (Å²) in [7, 11) is 0. The zero-order valence-corrected chi connectivity index (χ0v) is 9.94. The fourth-order valence-electron chi connectivity index (χ4n) is 2.21. The molecule has 3 heteroatoms. The normalized spacial score (nSPS) is 18.6. The first-order valence-corrected chi connectivity index (χ1v) is 5.92. The van der Waals surface area contributed by atoms with Gasteiger partial charge in [0.25, 0.3) is 0 Å². The predicted molar refractivity (Wildman–Crippen MR) is 64.1 cm³/mol. The summed E-state index contributed by atoms with van der Waals surface area (Å²) in [5.74, 6) is 1.64. The standard InChI is InChI=1S/C13H19NO2/c1-3-14(4-2)8-10-9-16-13-6-5-11(15)7-12(10)13/h5-7,10,15H,3-4,8-9H2,1-2H3. The van der Waals surface area contributed by atoms with Gasteiger partial charge in [-0.15, -0.1) is 0 Å². The molecule has 1 atom stereocenters. The average Bonchev–Trinajstić information content (AvgIpc) is 2.68. The van der Waals surface area contributed by atoms with Gasteiger partial charge in [0, 0.05) is 18.0 Å². The van der Waals surface area contributed by atoms with Crippen molar-refractivity contribution in [2.45, 2.75) is 19.8 Å². The molecule has 0 aromatic heterocycles. The van der Waals surface area contributed by atoms with Crippen LogP contribution in [0, 0.1) is 0 Å². The minimum atomic E-state index is 0.328. The van der Waals surface area contributed by atoms with E-state index in [1.54, 1.807) is 6.07 Å². The van der Waals surface area contributed by atoms with E-state index in [0.29, 0.717) is 11.7 Å². The maximum absolute atomic E-state index is 9.49. The molecule has 0 fully saturated rings. The number of aromatic hydroxyl groups is 1. The van der Waals surface area contributed by atoms with Gasteiger partial charge in [0.15, 0.2) is 0 Å². The zero-order chi connectivity index (χ0) is 11.5. The molecule has 16 heavy (non-hydrogen) atoms. The Kier molecular flexibility index (Phi) is 3.34. The van der Waals surface area contributed by atoms with Gasteiger partial charge < -0.3 is 14.7 Å². The van der Waals surface area contributed by atoms with Crippen molar-refractivity contribution in [1.29, 1.82) is 0 Å². The molecule has 0 saturated carbocycles. The van der Waals surface area contributed by atoms with E-state index in [1.165, 1.54) is 0 Å². The summed E-state index contributed by atoms with van der Waals surface area (Å²) in [6.45, 7) is 8.19. The van der Waals surface area contributed by atoms with Crippen LogP contribution in [-0.4, -0.2) is 36.2 Å². The Bertz CT molecular complexity index is 361. The van der Waals surface area contributed by atoms with Gasteiger partial charge in [0.05, 0.1) is 6.61 Å². The molecule has 2 rings (SSSR count). The molecule has 0 aliphatic carbocycles. The van der Waals surface area contributed by atoms with Crippen LogP contribution in [0.4, 0.5) is 0 Å². The van der Waals surface area contributed by atoms with E-state index in [4.69, 9.17) is 4.74 Å². The van der Waals surface area contributed by atoms with E-state index in [0.717, 1.165) is 37.6 Å². The Labute approximate surface area is 96.6 Å². The van der Waals surface area contributed by atoms with Crippen molar-refractivity contribution in [3.8, 4) is 11.5 Å². The highest BCUT2D eigenvalue weighted by molar-refractivity contribution is 5.44. The largest absolute Gasteiger partial charge is 0.508 e. The van der Waals surface area contributed by atoms with Crippen molar-refractivity contribution in [1.82, 2.24) is 4.90 Å². The second-order valence-corrected chi connectivity index (χ2v) is 4.22. The lowest BCUT2D eigenvalue weighted by molar-refractivity contribution is 0.250. The van der Waals surface area contributed by atoms with Crippen LogP contribution in [0.3, 0.4) is 0 Å². The van der Waals surface area contributed by atoms with Gasteiger partial charge in [0.1, 0.15) is 11.5 Å². The number of phenolic OH excluding ortho intramolecular Hbond substituents is 1. The predicted octanol–water partition coefficient (Wildman–Crippen LogP) is 2.21. The van der Waals surface area contributed by atoms with E-state index < -0.39 is 0 Å². The van der Waals surface area contributed by atoms with Gasteiger partial charge in [-0.1, -0.05) is 13.8 Å². The molecule has 1 aliphatic rings. The minimum Gasteiger partial charge on any atom is -0.508 e. The maximum Gasteiger partial charge on any atom is 0.123 e. The third kappa shape index (κ3) is 2.14. The summed E-state index contributed by atoms with van der Waals surface area (Å²) in [6, 6.07) is 5.36. The van der Waals surface area contributed by atoms with Gasteiger partial charge in [-0.2, -0.15) is 0 Å². The van der Waals surface area contributed by atoms with Crippen molar-refractivity contribution < 1.29 is 9.84 Å². The number of fused-ring (bicyclic) bond motifs is 1. The van der Waals surface area contributed by atoms with Gasteiger partial charge in [0.2, 0.25) is 0 Å². The summed E-state index contributed by atoms with van der Waals surface area (Å²) >= 11 is 0. The molecule has 1 aliphatic heterocycles. The summed E-state index contributed by atoms with van der Waals surface area (Å²) in [5, 5.41) is 9.49. The molecule has 0 radical (unpaired) electrons. The highest BCUT2D eigenvalue weighted by Gasteiger charge is 2.25. The van der Waals surface area contributed by atoms with E-state index >= 15 is 0 Å². The molecule has 0 amide bonds. The van der Waals surface area contributed by atoms with Crippen LogP contribution < -0.4 is 4.74 Å². The molecular formula is C13H19NO2. The fourth-order valence-corrected chi connectivity index (χ4v) is 2.21. The molecule has 3 nitrogen and oxygen atoms in total. The third-order valence-electron chi connectivity index (χ3n) is 3.25. The SMILES string of the molecule is CCN(CC)CC1COc2ccc(O)cc21. The molecule has 1 unspecified atom stereocenters. The summed E-state index contributed by atoms with van der Waals surface area (Å²) in [6.07, 6.45) is 0. The highest BCUT2D eigenvalue weighted by Crippen LogP contribution is 2.36. The zero-order valence-electron chi connectivity index (χ0n) is 9.94. The Morgan fingerprint density at radius 3 is 2.81 bits per heavy atom. The molecule has 1 aromatic rings. The summed E-state index contributed by atoms with van der Waals surface area (Å²) < 4.78 is 5.62. The van der Waals surface area contributed by atoms with E-state index in [9.17, 15) is 5.11 Å². The second kappa shape index (κ2) is 4.74. The van der Waals surface area contributed by atoms with Gasteiger partial charge in [-0.05, 0) is 31.3 Å². The molecule has 1 N–H and O–H groups in total. The van der Waals surface area contributed by atoms with Crippen molar-refractivity contribution in [2.24, 2.45) is 0 Å². The van der Waals surface area contributed by atoms with E-state index in [2.05, 4.69) is 18.7 Å². The van der Waals surface area contributed by atoms with Crippen LogP contribution in [0.1, 0.15) is 25.3 Å². The van der Waals surface area contributed by atoms with Crippen LogP contribution in [-0.2, 0) is 0 Å². The summed E-state index contributed by atoms with van der Waals surface area (Å²) in [4.78, 5) is 2.38. The molecule has 0 saturated heterocycles. The Morgan fingerprint density at radius 1 is 1.38 bits per heavy atom. The first-order chi connectivity index (χ1) is 7.74. The van der Waals surface area contributed by atoms with Gasteiger partial charge >= 0.3 is 0 Å². The van der Waals surface area contributed by atoms with Crippen molar-refractivity contribution >= 4 is 0 Å². The van der Waals surface area contributed by atoms with Crippen molar-refractivity contribution in [3.63, 3.8) is 0 Å². The van der Waals surface area contributed by atoms with Crippen molar-refractivity contribution in [3.05, 3.63) is 23.8 Å². The van der Waals surface area contributed by atoms with Crippen LogP contribution in [0.25, 0.3) is 0 Å². The smallest absolute Gasteiger partial charge is 0.123 e. The first-order valence-electron chi connectivity index (χ1n) is 5.92. The van der Waals surface area contributed by atoms with Crippen LogP contribution >= 0.6 is 0 Å². The third-order valence-corrected chi connectivity index (χ3v) is 3.25. The maximum atomic E-state index is 9.49. The molecule has 0 bridgehead atoms. The highest BCUT2D eigenvalue weighted by atomic mass is 16.5. The number of hydrogen-bond acceptors (Lipinski definition) is 3. The number of phenols is 1. The quantitative estimate of drug-likeness (QED) is 0.846.